The summed E-state index contributed by atoms with van der Waals surface area (Å²) in [6.07, 6.45) is 0. The van der Waals surface area contributed by atoms with Crippen LogP contribution in [0.2, 0.25) is 0 Å². The Morgan fingerprint density at radius 3 is 2.76 bits per heavy atom. The predicted octanol–water partition coefficient (Wildman–Crippen LogP) is 1.29. The Bertz CT molecular complexity index is 630. The highest BCUT2D eigenvalue weighted by Crippen LogP contribution is 2.27. The molecule has 0 saturated heterocycles. The van der Waals surface area contributed by atoms with Crippen molar-refractivity contribution in [2.75, 3.05) is 6.61 Å². The van der Waals surface area contributed by atoms with Crippen LogP contribution in [-0.2, 0) is 0 Å². The average molecular weight is 233 g/mol. The quantitative estimate of drug-likeness (QED) is 0.810. The first-order valence-corrected chi connectivity index (χ1v) is 5.13. The molecule has 5 heteroatoms. The molecule has 17 heavy (non-hydrogen) atoms. The minimum absolute atomic E-state index is 0.187. The SMILES string of the molecule is CCOc1c(C(N)=O)c(=O)oc2ccccc12. The number of primary amides is 1. The molecule has 0 radical (unpaired) electrons. The molecule has 0 atom stereocenters. The Balaban J connectivity index is 2.88. The zero-order valence-electron chi connectivity index (χ0n) is 9.23. The van der Waals surface area contributed by atoms with Crippen LogP contribution in [-0.4, -0.2) is 12.5 Å². The van der Waals surface area contributed by atoms with Crippen molar-refractivity contribution in [3.05, 3.63) is 40.2 Å². The van der Waals surface area contributed by atoms with Crippen LogP contribution in [0.3, 0.4) is 0 Å². The van der Waals surface area contributed by atoms with E-state index in [1.54, 1.807) is 31.2 Å². The fourth-order valence-corrected chi connectivity index (χ4v) is 1.63. The number of hydrogen-bond donors (Lipinski definition) is 1. The van der Waals surface area contributed by atoms with Crippen LogP contribution in [0.1, 0.15) is 17.3 Å². The van der Waals surface area contributed by atoms with E-state index >= 15 is 0 Å². The lowest BCUT2D eigenvalue weighted by molar-refractivity contribution is 0.0993. The molecule has 1 amide bonds. The number of carbonyl (C=O) groups excluding carboxylic acids is 1. The van der Waals surface area contributed by atoms with Gasteiger partial charge in [0, 0.05) is 0 Å². The monoisotopic (exact) mass is 233 g/mol. The molecular weight excluding hydrogens is 222 g/mol. The highest BCUT2D eigenvalue weighted by molar-refractivity contribution is 6.00. The van der Waals surface area contributed by atoms with Crippen molar-refractivity contribution in [1.29, 1.82) is 0 Å². The molecule has 5 nitrogen and oxygen atoms in total. The number of benzene rings is 1. The van der Waals surface area contributed by atoms with Gasteiger partial charge < -0.3 is 14.9 Å². The van der Waals surface area contributed by atoms with E-state index in [0.717, 1.165) is 0 Å². The number of fused-ring (bicyclic) bond motifs is 1. The molecule has 0 spiro atoms. The van der Waals surface area contributed by atoms with Gasteiger partial charge in [0.25, 0.3) is 5.91 Å². The summed E-state index contributed by atoms with van der Waals surface area (Å²) in [7, 11) is 0. The van der Waals surface area contributed by atoms with Crippen molar-refractivity contribution in [2.24, 2.45) is 5.73 Å². The van der Waals surface area contributed by atoms with E-state index < -0.39 is 11.5 Å². The van der Waals surface area contributed by atoms with Gasteiger partial charge in [-0.15, -0.1) is 0 Å². The van der Waals surface area contributed by atoms with Crippen molar-refractivity contribution >= 4 is 16.9 Å². The van der Waals surface area contributed by atoms with Crippen molar-refractivity contribution in [3.8, 4) is 5.75 Å². The number of para-hydroxylation sites is 1. The molecule has 0 unspecified atom stereocenters. The summed E-state index contributed by atoms with van der Waals surface area (Å²) in [5.74, 6) is -0.667. The van der Waals surface area contributed by atoms with Crippen molar-refractivity contribution in [3.63, 3.8) is 0 Å². The summed E-state index contributed by atoms with van der Waals surface area (Å²) in [4.78, 5) is 22.9. The van der Waals surface area contributed by atoms with E-state index in [1.165, 1.54) is 0 Å². The van der Waals surface area contributed by atoms with Gasteiger partial charge in [-0.3, -0.25) is 4.79 Å². The number of hydrogen-bond acceptors (Lipinski definition) is 4. The molecule has 2 N–H and O–H groups in total. The maximum atomic E-state index is 11.6. The number of rotatable bonds is 3. The van der Waals surface area contributed by atoms with Crippen LogP contribution in [0.15, 0.2) is 33.5 Å². The standard InChI is InChI=1S/C12H11NO4/c1-2-16-10-7-5-3-4-6-8(7)17-12(15)9(10)11(13)14/h3-6H,2H2,1H3,(H2,13,14). The van der Waals surface area contributed by atoms with Gasteiger partial charge in [-0.2, -0.15) is 0 Å². The minimum atomic E-state index is -0.854. The third kappa shape index (κ3) is 1.87. The second kappa shape index (κ2) is 4.29. The van der Waals surface area contributed by atoms with Gasteiger partial charge in [0.1, 0.15) is 11.3 Å². The lowest BCUT2D eigenvalue weighted by atomic mass is 10.1. The zero-order valence-corrected chi connectivity index (χ0v) is 9.23. The predicted molar refractivity (Wildman–Crippen MR) is 62.2 cm³/mol. The van der Waals surface area contributed by atoms with Crippen molar-refractivity contribution < 1.29 is 13.9 Å². The van der Waals surface area contributed by atoms with Crippen LogP contribution in [0.25, 0.3) is 11.0 Å². The third-order valence-electron chi connectivity index (χ3n) is 2.30. The van der Waals surface area contributed by atoms with E-state index in [9.17, 15) is 9.59 Å². The Hall–Kier alpha value is -2.30. The fraction of sp³-hybridized carbons (Fsp3) is 0.167. The van der Waals surface area contributed by atoms with E-state index in [-0.39, 0.29) is 11.3 Å². The summed E-state index contributed by atoms with van der Waals surface area (Å²) in [6.45, 7) is 2.09. The molecule has 0 saturated carbocycles. The highest BCUT2D eigenvalue weighted by atomic mass is 16.5. The molecule has 0 aliphatic carbocycles. The summed E-state index contributed by atoms with van der Waals surface area (Å²) in [5.41, 5.74) is 4.50. The third-order valence-corrected chi connectivity index (χ3v) is 2.30. The van der Waals surface area contributed by atoms with E-state index in [1.807, 2.05) is 0 Å². The van der Waals surface area contributed by atoms with Gasteiger partial charge in [-0.1, -0.05) is 12.1 Å². The maximum absolute atomic E-state index is 11.6. The smallest absolute Gasteiger partial charge is 0.353 e. The lowest BCUT2D eigenvalue weighted by Gasteiger charge is -2.09. The van der Waals surface area contributed by atoms with Crippen molar-refractivity contribution in [2.45, 2.75) is 6.92 Å². The van der Waals surface area contributed by atoms with Gasteiger partial charge in [0.2, 0.25) is 0 Å². The summed E-state index contributed by atoms with van der Waals surface area (Å²) >= 11 is 0. The Morgan fingerprint density at radius 1 is 1.41 bits per heavy atom. The van der Waals surface area contributed by atoms with Gasteiger partial charge in [-0.25, -0.2) is 4.79 Å². The highest BCUT2D eigenvalue weighted by Gasteiger charge is 2.19. The molecule has 1 heterocycles. The first kappa shape index (κ1) is 11.2. The minimum Gasteiger partial charge on any atom is -0.492 e. The van der Waals surface area contributed by atoms with E-state index in [2.05, 4.69) is 0 Å². The molecule has 1 aromatic heterocycles. The number of nitrogens with two attached hydrogens (primary N) is 1. The molecule has 0 aliphatic rings. The summed E-state index contributed by atoms with van der Waals surface area (Å²) in [6, 6.07) is 6.82. The second-order valence-corrected chi connectivity index (χ2v) is 3.39. The van der Waals surface area contributed by atoms with Gasteiger partial charge in [0.05, 0.1) is 12.0 Å². The van der Waals surface area contributed by atoms with E-state index in [0.29, 0.717) is 17.6 Å². The molecule has 2 aromatic rings. The number of carbonyl (C=O) groups is 1. The molecular formula is C12H11NO4. The number of ether oxygens (including phenoxy) is 1. The van der Waals surface area contributed by atoms with Gasteiger partial charge >= 0.3 is 5.63 Å². The molecule has 0 fully saturated rings. The first-order valence-electron chi connectivity index (χ1n) is 5.13. The first-order chi connectivity index (χ1) is 8.15. The Morgan fingerprint density at radius 2 is 2.12 bits per heavy atom. The van der Waals surface area contributed by atoms with Crippen LogP contribution in [0.4, 0.5) is 0 Å². The summed E-state index contributed by atoms with van der Waals surface area (Å²) in [5, 5.41) is 0.558. The molecule has 0 aliphatic heterocycles. The van der Waals surface area contributed by atoms with Gasteiger partial charge in [0.15, 0.2) is 5.56 Å². The fourth-order valence-electron chi connectivity index (χ4n) is 1.63. The van der Waals surface area contributed by atoms with Crippen molar-refractivity contribution in [1.82, 2.24) is 0 Å². The van der Waals surface area contributed by atoms with Crippen LogP contribution in [0.5, 0.6) is 5.75 Å². The second-order valence-electron chi connectivity index (χ2n) is 3.39. The lowest BCUT2D eigenvalue weighted by Crippen LogP contribution is -2.22. The normalized spacial score (nSPS) is 10.4. The molecule has 2 rings (SSSR count). The van der Waals surface area contributed by atoms with Crippen LogP contribution < -0.4 is 16.1 Å². The summed E-state index contributed by atoms with van der Waals surface area (Å²) < 4.78 is 10.3. The molecule has 1 aromatic carbocycles. The molecule has 0 bridgehead atoms. The average Bonchev–Trinajstić information content (AvgIpc) is 2.28. The Kier molecular flexibility index (Phi) is 2.82. The zero-order chi connectivity index (χ0) is 12.4. The molecule has 88 valence electrons. The topological polar surface area (TPSA) is 82.5 Å². The Labute approximate surface area is 96.8 Å². The van der Waals surface area contributed by atoms with E-state index in [4.69, 9.17) is 14.9 Å². The maximum Gasteiger partial charge on any atom is 0.353 e. The van der Waals surface area contributed by atoms with Gasteiger partial charge in [-0.05, 0) is 19.1 Å². The van der Waals surface area contributed by atoms with Crippen LogP contribution in [0, 0.1) is 0 Å². The van der Waals surface area contributed by atoms with Crippen LogP contribution >= 0.6 is 0 Å². The number of amides is 1. The largest absolute Gasteiger partial charge is 0.492 e.